The summed E-state index contributed by atoms with van der Waals surface area (Å²) >= 11 is 2.45. The molecule has 8 nitrogen and oxygen atoms in total. The summed E-state index contributed by atoms with van der Waals surface area (Å²) in [6.07, 6.45) is 3.77. The zero-order valence-electron chi connectivity index (χ0n) is 16.2. The zero-order valence-corrected chi connectivity index (χ0v) is 17.8. The van der Waals surface area contributed by atoms with Crippen molar-refractivity contribution in [1.29, 1.82) is 0 Å². The number of fused-ring (bicyclic) bond motifs is 1. The molecule has 2 heterocycles. The van der Waals surface area contributed by atoms with Crippen LogP contribution in [0.2, 0.25) is 0 Å². The molecule has 1 aromatic carbocycles. The van der Waals surface area contributed by atoms with Crippen LogP contribution < -0.4 is 15.1 Å². The van der Waals surface area contributed by atoms with E-state index in [0.29, 0.717) is 16.3 Å². The van der Waals surface area contributed by atoms with Crippen LogP contribution in [0.5, 0.6) is 5.95 Å². The number of aryl methyl sites for hydroxylation is 1. The molecule has 10 heteroatoms. The van der Waals surface area contributed by atoms with E-state index in [0.717, 1.165) is 47.9 Å². The molecule has 3 aromatic rings. The van der Waals surface area contributed by atoms with Crippen molar-refractivity contribution in [2.75, 3.05) is 18.2 Å². The third-order valence-electron chi connectivity index (χ3n) is 4.73. The largest absolute Gasteiger partial charge is 0.538 e. The number of anilines is 1. The van der Waals surface area contributed by atoms with Crippen molar-refractivity contribution in [3.8, 4) is 11.6 Å². The molecule has 0 saturated carbocycles. The van der Waals surface area contributed by atoms with Gasteiger partial charge in [-0.3, -0.25) is 4.79 Å². The first kappa shape index (κ1) is 20.4. The molecular formula is C20H19N3O5S2. The number of carbonyl (C=O) groups is 2. The monoisotopic (exact) mass is 445 g/mol. The first-order valence-electron chi connectivity index (χ1n) is 9.38. The van der Waals surface area contributed by atoms with Crippen LogP contribution >= 0.6 is 23.1 Å². The van der Waals surface area contributed by atoms with Crippen LogP contribution in [0.15, 0.2) is 39.9 Å². The van der Waals surface area contributed by atoms with E-state index in [1.807, 2.05) is 18.2 Å². The molecule has 0 atom stereocenters. The van der Waals surface area contributed by atoms with Crippen LogP contribution in [-0.2, 0) is 22.4 Å². The van der Waals surface area contributed by atoms with Gasteiger partial charge in [0.05, 0.1) is 23.7 Å². The Morgan fingerprint density at radius 3 is 2.83 bits per heavy atom. The van der Waals surface area contributed by atoms with E-state index >= 15 is 0 Å². The maximum absolute atomic E-state index is 12.6. The molecule has 1 N–H and O–H groups in total. The molecule has 4 rings (SSSR count). The van der Waals surface area contributed by atoms with Crippen molar-refractivity contribution < 1.29 is 28.6 Å². The maximum atomic E-state index is 12.6. The maximum Gasteiger partial charge on any atom is 0.341 e. The Morgan fingerprint density at radius 1 is 1.30 bits per heavy atom. The first-order valence-corrected chi connectivity index (χ1v) is 11.2. The van der Waals surface area contributed by atoms with Gasteiger partial charge in [0, 0.05) is 17.0 Å². The zero-order chi connectivity index (χ0) is 21.1. The van der Waals surface area contributed by atoms with E-state index < -0.39 is 11.9 Å². The number of nitrogens with one attached hydrogen (secondary N) is 1. The summed E-state index contributed by atoms with van der Waals surface area (Å²) in [4.78, 5) is 26.0. The van der Waals surface area contributed by atoms with Gasteiger partial charge in [-0.1, -0.05) is 18.2 Å². The van der Waals surface area contributed by atoms with Crippen LogP contribution in [0.1, 0.15) is 33.6 Å². The highest BCUT2D eigenvalue weighted by Gasteiger charge is 2.27. The second-order valence-corrected chi connectivity index (χ2v) is 8.73. The number of carbonyl (C=O) groups excluding carboxylic acids is 2. The van der Waals surface area contributed by atoms with E-state index in [9.17, 15) is 14.7 Å². The molecule has 1 aliphatic rings. The van der Waals surface area contributed by atoms with E-state index in [1.165, 1.54) is 23.1 Å². The molecule has 1 amide bonds. The molecule has 0 saturated heterocycles. The van der Waals surface area contributed by atoms with Crippen molar-refractivity contribution in [3.63, 3.8) is 0 Å². The second kappa shape index (κ2) is 8.88. The minimum atomic E-state index is -0.613. The number of benzene rings is 1. The number of amides is 1. The molecule has 30 heavy (non-hydrogen) atoms. The van der Waals surface area contributed by atoms with Gasteiger partial charge in [-0.2, -0.15) is 0 Å². The van der Waals surface area contributed by atoms with Crippen LogP contribution in [0.3, 0.4) is 0 Å². The van der Waals surface area contributed by atoms with Gasteiger partial charge in [-0.25, -0.2) is 4.79 Å². The number of aromatic nitrogens is 2. The topological polar surface area (TPSA) is 108 Å². The van der Waals surface area contributed by atoms with Crippen molar-refractivity contribution in [1.82, 2.24) is 5.27 Å². The molecule has 0 bridgehead atoms. The predicted octanol–water partition coefficient (Wildman–Crippen LogP) is 2.48. The summed E-state index contributed by atoms with van der Waals surface area (Å²) in [7, 11) is 1.33. The number of rotatable bonds is 6. The summed E-state index contributed by atoms with van der Waals surface area (Å²) in [6.45, 7) is 0. The highest BCUT2D eigenvalue weighted by atomic mass is 32.2. The highest BCUT2D eigenvalue weighted by molar-refractivity contribution is 7.99. The Bertz CT molecular complexity index is 1080. The number of para-hydroxylation sites is 1. The molecule has 0 fully saturated rings. The summed E-state index contributed by atoms with van der Waals surface area (Å²) in [5, 5.41) is 19.3. The second-order valence-electron chi connectivity index (χ2n) is 6.66. The van der Waals surface area contributed by atoms with Gasteiger partial charge >= 0.3 is 5.97 Å². The normalized spacial score (nSPS) is 13.0. The van der Waals surface area contributed by atoms with Crippen molar-refractivity contribution in [3.05, 3.63) is 46.3 Å². The Morgan fingerprint density at radius 2 is 2.07 bits per heavy atom. The van der Waals surface area contributed by atoms with Crippen molar-refractivity contribution in [2.24, 2.45) is 0 Å². The lowest BCUT2D eigenvalue weighted by molar-refractivity contribution is -0.705. The number of thiophene rings is 1. The number of esters is 1. The number of hydrogen-bond acceptors (Lipinski definition) is 8. The van der Waals surface area contributed by atoms with Crippen molar-refractivity contribution in [2.45, 2.75) is 30.7 Å². The summed E-state index contributed by atoms with van der Waals surface area (Å²) in [6, 6.07) is 9.04. The lowest BCUT2D eigenvalue weighted by Gasteiger charge is -2.11. The Kier molecular flexibility index (Phi) is 6.05. The van der Waals surface area contributed by atoms with E-state index in [-0.39, 0.29) is 16.7 Å². The number of hydrogen-bond donors (Lipinski definition) is 1. The quantitative estimate of drug-likeness (QED) is 0.353. The van der Waals surface area contributed by atoms with Gasteiger partial charge in [0.15, 0.2) is 5.95 Å². The number of methoxy groups -OCH3 is 1. The van der Waals surface area contributed by atoms with Crippen LogP contribution in [0.25, 0.3) is 5.69 Å². The van der Waals surface area contributed by atoms with Crippen molar-refractivity contribution >= 4 is 40.0 Å². The van der Waals surface area contributed by atoms with Gasteiger partial charge in [0.1, 0.15) is 5.00 Å². The smallest absolute Gasteiger partial charge is 0.341 e. The SMILES string of the molecule is COC(=O)c1c(NC(=O)CSc2c([O-])on[n+]2-c2ccccc2)sc2c1CCCC2. The molecular weight excluding hydrogens is 426 g/mol. The molecule has 0 unspecified atom stereocenters. The van der Waals surface area contributed by atoms with Gasteiger partial charge < -0.3 is 19.7 Å². The van der Waals surface area contributed by atoms with Crippen LogP contribution in [-0.4, -0.2) is 30.0 Å². The highest BCUT2D eigenvalue weighted by Crippen LogP contribution is 2.38. The van der Waals surface area contributed by atoms with E-state index in [1.54, 1.807) is 12.1 Å². The van der Waals surface area contributed by atoms with Crippen LogP contribution in [0.4, 0.5) is 5.00 Å². The number of ether oxygens (including phenoxy) is 1. The van der Waals surface area contributed by atoms with Gasteiger partial charge in [0.2, 0.25) is 11.6 Å². The first-order chi connectivity index (χ1) is 14.6. The average molecular weight is 446 g/mol. The average Bonchev–Trinajstić information content (AvgIpc) is 3.32. The molecule has 0 aliphatic heterocycles. The molecule has 156 valence electrons. The summed E-state index contributed by atoms with van der Waals surface area (Å²) < 4.78 is 11.1. The molecule has 0 spiro atoms. The third kappa shape index (κ3) is 4.05. The van der Waals surface area contributed by atoms with Crippen LogP contribution in [0, 0.1) is 0 Å². The molecule has 2 aromatic heterocycles. The Hall–Kier alpha value is -2.85. The minimum Gasteiger partial charge on any atom is -0.538 e. The Balaban J connectivity index is 1.50. The van der Waals surface area contributed by atoms with E-state index in [2.05, 4.69) is 10.6 Å². The number of nitrogens with zero attached hydrogens (tertiary/aromatic N) is 2. The third-order valence-corrected chi connectivity index (χ3v) is 6.95. The summed E-state index contributed by atoms with van der Waals surface area (Å²) in [5.74, 6) is -1.42. The molecule has 0 radical (unpaired) electrons. The van der Waals surface area contributed by atoms with E-state index in [4.69, 9.17) is 9.26 Å². The fourth-order valence-corrected chi connectivity index (χ4v) is 5.41. The Labute approximate surface area is 180 Å². The fourth-order valence-electron chi connectivity index (χ4n) is 3.36. The van der Waals surface area contributed by atoms with Gasteiger partial charge in [-0.05, 0) is 47.7 Å². The van der Waals surface area contributed by atoms with Gasteiger partial charge in [0.25, 0.3) is 5.03 Å². The lowest BCUT2D eigenvalue weighted by Crippen LogP contribution is -2.35. The minimum absolute atomic E-state index is 0.0353. The number of thioether (sulfide) groups is 1. The van der Waals surface area contributed by atoms with Gasteiger partial charge in [-0.15, -0.1) is 11.3 Å². The lowest BCUT2D eigenvalue weighted by atomic mass is 9.95. The standard InChI is InChI=1S/C20H19N3O5S2/c1-27-19(25)16-13-9-5-6-10-14(13)30-17(16)21-15(24)11-29-18-20(26)28-22-23(18)12-7-3-2-4-8-12/h2-4,7-8H,5-6,9-11H2,1H3,(H-,21,22,24,25,26). The summed E-state index contributed by atoms with van der Waals surface area (Å²) in [5.41, 5.74) is 2.08. The molecule has 1 aliphatic carbocycles. The fraction of sp³-hybridized carbons (Fsp3) is 0.300. The predicted molar refractivity (Wildman–Crippen MR) is 109 cm³/mol.